The molecule has 15 heavy (non-hydrogen) atoms. The van der Waals surface area contributed by atoms with Gasteiger partial charge in [-0.05, 0) is 31.0 Å². The van der Waals surface area contributed by atoms with Gasteiger partial charge in [-0.1, -0.05) is 30.5 Å². The van der Waals surface area contributed by atoms with Crippen LogP contribution in [0.4, 0.5) is 4.39 Å². The van der Waals surface area contributed by atoms with Crippen molar-refractivity contribution in [1.29, 1.82) is 0 Å². The molecule has 1 nitrogen and oxygen atoms in total. The zero-order valence-electron chi connectivity index (χ0n) is 8.60. The van der Waals surface area contributed by atoms with Gasteiger partial charge in [0.25, 0.3) is 0 Å². The second-order valence-electron chi connectivity index (χ2n) is 4.14. The largest absolute Gasteiger partial charge is 0.313 e. The Morgan fingerprint density at radius 3 is 2.87 bits per heavy atom. The van der Waals surface area contributed by atoms with E-state index >= 15 is 0 Å². The van der Waals surface area contributed by atoms with Gasteiger partial charge in [0.05, 0.1) is 0 Å². The van der Waals surface area contributed by atoms with Gasteiger partial charge in [0.1, 0.15) is 5.82 Å². The summed E-state index contributed by atoms with van der Waals surface area (Å²) < 4.78 is 13.3. The summed E-state index contributed by atoms with van der Waals surface area (Å²) in [5.41, 5.74) is 0.690. The molecule has 0 spiro atoms. The van der Waals surface area contributed by atoms with Gasteiger partial charge in [-0.2, -0.15) is 0 Å². The number of benzene rings is 1. The maximum absolute atomic E-state index is 13.3. The number of rotatable bonds is 5. The molecule has 1 aromatic rings. The summed E-state index contributed by atoms with van der Waals surface area (Å²) in [6.45, 7) is 1.57. The fourth-order valence-corrected chi connectivity index (χ4v) is 1.76. The van der Waals surface area contributed by atoms with Crippen molar-refractivity contribution in [2.75, 3.05) is 6.54 Å². The Morgan fingerprint density at radius 1 is 1.40 bits per heavy atom. The quantitative estimate of drug-likeness (QED) is 0.761. The molecule has 0 aliphatic heterocycles. The Kier molecular flexibility index (Phi) is 3.60. The van der Waals surface area contributed by atoms with E-state index in [-0.39, 0.29) is 5.82 Å². The normalized spacial score (nSPS) is 15.6. The van der Waals surface area contributed by atoms with Gasteiger partial charge in [0.15, 0.2) is 0 Å². The molecule has 1 aliphatic rings. The maximum atomic E-state index is 13.3. The van der Waals surface area contributed by atoms with Crippen LogP contribution in [-0.4, -0.2) is 6.54 Å². The highest BCUT2D eigenvalue weighted by molar-refractivity contribution is 6.30. The molecular formula is C12H15ClFN. The lowest BCUT2D eigenvalue weighted by Gasteiger charge is -2.05. The van der Waals surface area contributed by atoms with Gasteiger partial charge in [0.2, 0.25) is 0 Å². The predicted molar refractivity (Wildman–Crippen MR) is 60.5 cm³/mol. The molecule has 0 saturated heterocycles. The molecule has 82 valence electrons. The van der Waals surface area contributed by atoms with Gasteiger partial charge in [0, 0.05) is 17.1 Å². The van der Waals surface area contributed by atoms with E-state index in [0.717, 1.165) is 12.5 Å². The van der Waals surface area contributed by atoms with E-state index in [0.29, 0.717) is 17.1 Å². The maximum Gasteiger partial charge on any atom is 0.129 e. The van der Waals surface area contributed by atoms with Crippen LogP contribution in [0.3, 0.4) is 0 Å². The molecule has 0 atom stereocenters. The average Bonchev–Trinajstić information content (AvgIpc) is 2.99. The molecule has 1 aromatic carbocycles. The highest BCUT2D eigenvalue weighted by Gasteiger charge is 2.19. The van der Waals surface area contributed by atoms with Crippen molar-refractivity contribution in [3.05, 3.63) is 34.6 Å². The molecule has 1 N–H and O–H groups in total. The fourth-order valence-electron chi connectivity index (χ4n) is 1.60. The first-order chi connectivity index (χ1) is 7.25. The molecule has 1 aliphatic carbocycles. The number of halogens is 2. The van der Waals surface area contributed by atoms with Gasteiger partial charge >= 0.3 is 0 Å². The van der Waals surface area contributed by atoms with Crippen LogP contribution in [0, 0.1) is 11.7 Å². The monoisotopic (exact) mass is 227 g/mol. The third-order valence-corrected chi connectivity index (χ3v) is 2.99. The molecule has 0 heterocycles. The molecule has 0 radical (unpaired) electrons. The number of hydrogen-bond donors (Lipinski definition) is 1. The van der Waals surface area contributed by atoms with Crippen molar-refractivity contribution < 1.29 is 4.39 Å². The second kappa shape index (κ2) is 4.95. The van der Waals surface area contributed by atoms with Crippen LogP contribution >= 0.6 is 11.6 Å². The van der Waals surface area contributed by atoms with Gasteiger partial charge < -0.3 is 5.32 Å². The lowest BCUT2D eigenvalue weighted by molar-refractivity contribution is 0.571. The first-order valence-corrected chi connectivity index (χ1v) is 5.78. The summed E-state index contributed by atoms with van der Waals surface area (Å²) >= 11 is 5.67. The number of nitrogens with one attached hydrogen (secondary N) is 1. The van der Waals surface area contributed by atoms with Crippen LogP contribution in [0.2, 0.25) is 5.02 Å². The lowest BCUT2D eigenvalue weighted by Crippen LogP contribution is -2.16. The lowest BCUT2D eigenvalue weighted by atomic mass is 10.2. The second-order valence-corrected chi connectivity index (χ2v) is 4.58. The van der Waals surface area contributed by atoms with E-state index in [9.17, 15) is 4.39 Å². The van der Waals surface area contributed by atoms with Crippen molar-refractivity contribution in [2.45, 2.75) is 25.8 Å². The Hall–Kier alpha value is -0.600. The van der Waals surface area contributed by atoms with Crippen LogP contribution in [0.25, 0.3) is 0 Å². The van der Waals surface area contributed by atoms with Crippen molar-refractivity contribution in [2.24, 2.45) is 5.92 Å². The Morgan fingerprint density at radius 2 is 2.20 bits per heavy atom. The Balaban J connectivity index is 1.76. The highest BCUT2D eigenvalue weighted by atomic mass is 35.5. The fraction of sp³-hybridized carbons (Fsp3) is 0.500. The van der Waals surface area contributed by atoms with E-state index in [1.165, 1.54) is 25.3 Å². The summed E-state index contributed by atoms with van der Waals surface area (Å²) in [4.78, 5) is 0. The van der Waals surface area contributed by atoms with E-state index < -0.39 is 0 Å². The number of hydrogen-bond acceptors (Lipinski definition) is 1. The van der Waals surface area contributed by atoms with E-state index in [2.05, 4.69) is 5.32 Å². The standard InChI is InChI=1S/C12H15ClFN/c13-11-4-3-10(12(14)7-11)8-15-6-5-9-1-2-9/h3-4,7,9,15H,1-2,5-6,8H2. The van der Waals surface area contributed by atoms with Crippen molar-refractivity contribution >= 4 is 11.6 Å². The summed E-state index contributed by atoms with van der Waals surface area (Å²) in [6, 6.07) is 4.82. The SMILES string of the molecule is Fc1cc(Cl)ccc1CNCCC1CC1. The van der Waals surface area contributed by atoms with Crippen molar-refractivity contribution in [3.63, 3.8) is 0 Å². The summed E-state index contributed by atoms with van der Waals surface area (Å²) in [5, 5.41) is 3.70. The minimum Gasteiger partial charge on any atom is -0.313 e. The van der Waals surface area contributed by atoms with Gasteiger partial charge in [-0.15, -0.1) is 0 Å². The van der Waals surface area contributed by atoms with Crippen LogP contribution in [-0.2, 0) is 6.54 Å². The van der Waals surface area contributed by atoms with Crippen LogP contribution < -0.4 is 5.32 Å². The molecule has 1 saturated carbocycles. The van der Waals surface area contributed by atoms with Crippen LogP contribution in [0.5, 0.6) is 0 Å². The molecular weight excluding hydrogens is 213 g/mol. The van der Waals surface area contributed by atoms with E-state index in [1.54, 1.807) is 12.1 Å². The zero-order chi connectivity index (χ0) is 10.7. The minimum atomic E-state index is -0.221. The topological polar surface area (TPSA) is 12.0 Å². The smallest absolute Gasteiger partial charge is 0.129 e. The molecule has 0 unspecified atom stereocenters. The third-order valence-electron chi connectivity index (χ3n) is 2.76. The van der Waals surface area contributed by atoms with Gasteiger partial charge in [-0.3, -0.25) is 0 Å². The van der Waals surface area contributed by atoms with Crippen molar-refractivity contribution in [1.82, 2.24) is 5.32 Å². The molecule has 0 aromatic heterocycles. The predicted octanol–water partition coefficient (Wildman–Crippen LogP) is 3.37. The molecule has 0 amide bonds. The van der Waals surface area contributed by atoms with Crippen molar-refractivity contribution in [3.8, 4) is 0 Å². The first kappa shape index (κ1) is 10.9. The molecule has 3 heteroatoms. The van der Waals surface area contributed by atoms with E-state index in [4.69, 9.17) is 11.6 Å². The molecule has 1 fully saturated rings. The minimum absolute atomic E-state index is 0.221. The van der Waals surface area contributed by atoms with Gasteiger partial charge in [-0.25, -0.2) is 4.39 Å². The Labute approximate surface area is 94.6 Å². The summed E-state index contributed by atoms with van der Waals surface area (Å²) in [7, 11) is 0. The van der Waals surface area contributed by atoms with E-state index in [1.807, 2.05) is 0 Å². The average molecular weight is 228 g/mol. The summed E-state index contributed by atoms with van der Waals surface area (Å²) in [6.07, 6.45) is 3.96. The third kappa shape index (κ3) is 3.47. The first-order valence-electron chi connectivity index (χ1n) is 5.40. The highest BCUT2D eigenvalue weighted by Crippen LogP contribution is 2.31. The molecule has 0 bridgehead atoms. The summed E-state index contributed by atoms with van der Waals surface area (Å²) in [5.74, 6) is 0.703. The Bertz CT molecular complexity index is 336. The zero-order valence-corrected chi connectivity index (χ0v) is 9.36. The van der Waals surface area contributed by atoms with Crippen LogP contribution in [0.15, 0.2) is 18.2 Å². The molecule has 2 rings (SSSR count). The van der Waals surface area contributed by atoms with Crippen LogP contribution in [0.1, 0.15) is 24.8 Å².